The van der Waals surface area contributed by atoms with E-state index in [1.807, 2.05) is 78.8 Å². The average molecular weight is 615 g/mol. The van der Waals surface area contributed by atoms with Crippen LogP contribution >= 0.6 is 0 Å². The molecule has 1 heterocycles. The second-order valence-electron chi connectivity index (χ2n) is 13.9. The van der Waals surface area contributed by atoms with Gasteiger partial charge >= 0.3 is 0 Å². The lowest BCUT2D eigenvalue weighted by Crippen LogP contribution is -2.62. The van der Waals surface area contributed by atoms with E-state index in [0.717, 1.165) is 5.56 Å². The highest BCUT2D eigenvalue weighted by Gasteiger charge is 2.42. The number of carbonyl (C=O) groups is 5. The minimum Gasteiger partial charge on any atom is -0.368 e. The minimum absolute atomic E-state index is 0.0792. The van der Waals surface area contributed by atoms with Gasteiger partial charge in [0.15, 0.2) is 0 Å². The lowest BCUT2D eigenvalue weighted by molar-refractivity contribution is -0.145. The van der Waals surface area contributed by atoms with E-state index in [1.54, 1.807) is 19.0 Å². The van der Waals surface area contributed by atoms with Crippen LogP contribution in [0.1, 0.15) is 73.8 Å². The van der Waals surface area contributed by atoms with Crippen LogP contribution in [0, 0.1) is 11.3 Å². The Morgan fingerprint density at radius 2 is 1.61 bits per heavy atom. The lowest BCUT2D eigenvalue weighted by atomic mass is 9.76. The number of benzene rings is 1. The molecule has 1 saturated heterocycles. The first kappa shape index (κ1) is 36.7. The molecule has 0 unspecified atom stereocenters. The van der Waals surface area contributed by atoms with Crippen LogP contribution in [0.25, 0.3) is 0 Å². The molecule has 1 aliphatic rings. The Kier molecular flexibility index (Phi) is 12.5. The largest absolute Gasteiger partial charge is 0.368 e. The molecule has 5 amide bonds. The van der Waals surface area contributed by atoms with Crippen LogP contribution in [0.2, 0.25) is 0 Å². The molecule has 2 rings (SSSR count). The number of carbonyl (C=O) groups excluding carboxylic acids is 5. The van der Waals surface area contributed by atoms with Crippen LogP contribution in [-0.4, -0.2) is 102 Å². The van der Waals surface area contributed by atoms with Crippen molar-refractivity contribution in [3.63, 3.8) is 0 Å². The van der Waals surface area contributed by atoms with E-state index >= 15 is 0 Å². The summed E-state index contributed by atoms with van der Waals surface area (Å²) in [6.07, 6.45) is 1.17. The number of primary amides is 1. The second kappa shape index (κ2) is 15.0. The maximum atomic E-state index is 14.2. The van der Waals surface area contributed by atoms with E-state index in [1.165, 1.54) is 16.7 Å². The first-order valence-corrected chi connectivity index (χ1v) is 15.5. The molecular weight excluding hydrogens is 560 g/mol. The zero-order valence-electron chi connectivity index (χ0n) is 28.3. The predicted octanol–water partition coefficient (Wildman–Crippen LogP) is 1.89. The number of likely N-dealkylation sites (N-methyl/N-ethyl adjacent to an activating group) is 2. The average Bonchev–Trinajstić information content (AvgIpc) is 3.44. The quantitative estimate of drug-likeness (QED) is 0.310. The van der Waals surface area contributed by atoms with Crippen molar-refractivity contribution in [1.29, 1.82) is 0 Å². The molecule has 246 valence electrons. The Balaban J connectivity index is 2.29. The molecule has 0 spiro atoms. The number of hydrogen-bond donors (Lipinski definition) is 3. The fourth-order valence-electron chi connectivity index (χ4n) is 6.02. The molecule has 11 heteroatoms. The third kappa shape index (κ3) is 8.80. The van der Waals surface area contributed by atoms with Crippen molar-refractivity contribution in [2.24, 2.45) is 17.1 Å². The van der Waals surface area contributed by atoms with Gasteiger partial charge in [0.2, 0.25) is 29.5 Å². The van der Waals surface area contributed by atoms with Crippen LogP contribution in [-0.2, 0) is 29.4 Å². The van der Waals surface area contributed by atoms with E-state index in [4.69, 9.17) is 5.73 Å². The van der Waals surface area contributed by atoms with Gasteiger partial charge in [-0.2, -0.15) is 0 Å². The summed E-state index contributed by atoms with van der Waals surface area (Å²) >= 11 is 0. The third-order valence-electron chi connectivity index (χ3n) is 8.89. The van der Waals surface area contributed by atoms with Gasteiger partial charge in [-0.3, -0.25) is 24.0 Å². The normalized spacial score (nSPS) is 17.5. The Bertz CT molecular complexity index is 1180. The van der Waals surface area contributed by atoms with Crippen LogP contribution in [0.4, 0.5) is 0 Å². The fraction of sp³-hybridized carbons (Fsp3) is 0.667. The van der Waals surface area contributed by atoms with E-state index in [9.17, 15) is 24.0 Å². The van der Waals surface area contributed by atoms with Gasteiger partial charge in [0, 0.05) is 32.5 Å². The van der Waals surface area contributed by atoms with Crippen LogP contribution in [0.3, 0.4) is 0 Å². The molecular formula is C33H54N6O5. The summed E-state index contributed by atoms with van der Waals surface area (Å²) in [7, 11) is 3.40. The van der Waals surface area contributed by atoms with Crippen molar-refractivity contribution < 1.29 is 24.0 Å². The Labute approximate surface area is 263 Å². The van der Waals surface area contributed by atoms with Gasteiger partial charge in [0.1, 0.15) is 12.1 Å². The Hall–Kier alpha value is -3.47. The molecule has 0 radical (unpaired) electrons. The predicted molar refractivity (Wildman–Crippen MR) is 171 cm³/mol. The maximum absolute atomic E-state index is 14.2. The third-order valence-corrected chi connectivity index (χ3v) is 8.89. The van der Waals surface area contributed by atoms with Crippen molar-refractivity contribution in [3.8, 4) is 0 Å². The van der Waals surface area contributed by atoms with E-state index in [-0.39, 0.29) is 42.6 Å². The van der Waals surface area contributed by atoms with Crippen LogP contribution in [0.5, 0.6) is 0 Å². The highest BCUT2D eigenvalue weighted by Crippen LogP contribution is 2.29. The van der Waals surface area contributed by atoms with Gasteiger partial charge in [0.05, 0.1) is 18.6 Å². The molecule has 1 aromatic rings. The number of amides is 5. The molecule has 0 aromatic heterocycles. The summed E-state index contributed by atoms with van der Waals surface area (Å²) < 4.78 is 0. The Morgan fingerprint density at radius 1 is 1.02 bits per heavy atom. The first-order valence-electron chi connectivity index (χ1n) is 15.5. The van der Waals surface area contributed by atoms with E-state index < -0.39 is 40.9 Å². The maximum Gasteiger partial charge on any atom is 0.245 e. The first-order chi connectivity index (χ1) is 20.3. The molecule has 1 fully saturated rings. The van der Waals surface area contributed by atoms with Crippen LogP contribution in [0.15, 0.2) is 30.3 Å². The zero-order chi connectivity index (χ0) is 33.6. The molecule has 4 atom stereocenters. The van der Waals surface area contributed by atoms with Crippen molar-refractivity contribution in [2.75, 3.05) is 33.7 Å². The number of nitrogens with two attached hydrogens (primary N) is 1. The van der Waals surface area contributed by atoms with Gasteiger partial charge in [0.25, 0.3) is 0 Å². The van der Waals surface area contributed by atoms with Crippen molar-refractivity contribution in [3.05, 3.63) is 35.9 Å². The summed E-state index contributed by atoms with van der Waals surface area (Å²) in [5, 5.41) is 6.19. The highest BCUT2D eigenvalue weighted by atomic mass is 16.2. The van der Waals surface area contributed by atoms with Gasteiger partial charge in [-0.05, 0) is 36.8 Å². The van der Waals surface area contributed by atoms with Gasteiger partial charge in [-0.25, -0.2) is 0 Å². The molecule has 4 N–H and O–H groups in total. The minimum atomic E-state index is -0.864. The summed E-state index contributed by atoms with van der Waals surface area (Å²) in [5.41, 5.74) is 5.28. The summed E-state index contributed by atoms with van der Waals surface area (Å²) in [4.78, 5) is 70.1. The Morgan fingerprint density at radius 3 is 2.09 bits per heavy atom. The highest BCUT2D eigenvalue weighted by molar-refractivity contribution is 5.92. The van der Waals surface area contributed by atoms with Crippen LogP contribution < -0.4 is 16.4 Å². The SMILES string of the molecule is CN[C@H](C(=O)N[C@H](C(=O)N(C)[C@H](CN(CC(=O)N1CCC[C@H]1C(N)=O)C(C)=O)C(C)C)C(C)(C)C)C(C)(C)c1ccccc1. The zero-order valence-corrected chi connectivity index (χ0v) is 28.3. The molecule has 0 aliphatic carbocycles. The number of hydrogen-bond acceptors (Lipinski definition) is 6. The molecule has 44 heavy (non-hydrogen) atoms. The fourth-order valence-corrected chi connectivity index (χ4v) is 6.02. The molecule has 11 nitrogen and oxygen atoms in total. The number of nitrogens with one attached hydrogen (secondary N) is 2. The smallest absolute Gasteiger partial charge is 0.245 e. The molecule has 0 saturated carbocycles. The number of rotatable bonds is 13. The molecule has 1 aromatic carbocycles. The van der Waals surface area contributed by atoms with Gasteiger partial charge in [-0.15, -0.1) is 0 Å². The molecule has 0 bridgehead atoms. The van der Waals surface area contributed by atoms with Gasteiger partial charge in [-0.1, -0.05) is 78.8 Å². The second-order valence-corrected chi connectivity index (χ2v) is 13.9. The standard InChI is InChI=1S/C33H54N6O5/c1-21(2)25(19-38(22(3)40)20-26(41)39-18-14-17-24(39)29(34)42)37(10)31(44)28(32(4,5)6)36-30(43)27(35-9)33(7,8)23-15-12-11-13-16-23/h11-13,15-16,21,24-25,27-28,35H,14,17-20H2,1-10H3,(H2,34,42)(H,36,43)/t24-,25+,27+,28+/m0/s1. The summed E-state index contributed by atoms with van der Waals surface area (Å²) in [5.74, 6) is -1.89. The van der Waals surface area contributed by atoms with Crippen molar-refractivity contribution in [1.82, 2.24) is 25.3 Å². The summed E-state index contributed by atoms with van der Waals surface area (Å²) in [6, 6.07) is 7.14. The van der Waals surface area contributed by atoms with Gasteiger partial charge < -0.3 is 31.1 Å². The number of nitrogens with zero attached hydrogens (tertiary/aromatic N) is 3. The van der Waals surface area contributed by atoms with E-state index in [0.29, 0.717) is 19.4 Å². The lowest BCUT2D eigenvalue weighted by Gasteiger charge is -2.41. The van der Waals surface area contributed by atoms with E-state index in [2.05, 4.69) is 10.6 Å². The number of likely N-dealkylation sites (tertiary alicyclic amines) is 1. The topological polar surface area (TPSA) is 145 Å². The van der Waals surface area contributed by atoms with Crippen molar-refractivity contribution >= 4 is 29.5 Å². The monoisotopic (exact) mass is 614 g/mol. The molecule has 1 aliphatic heterocycles. The van der Waals surface area contributed by atoms with Crippen molar-refractivity contribution in [2.45, 2.75) is 97.8 Å². The summed E-state index contributed by atoms with van der Waals surface area (Å²) in [6.45, 7) is 15.3.